The van der Waals surface area contributed by atoms with Gasteiger partial charge in [0.1, 0.15) is 23.0 Å². The molecule has 2 aromatic carbocycles. The van der Waals surface area contributed by atoms with Crippen LogP contribution in [0.2, 0.25) is 0 Å². The van der Waals surface area contributed by atoms with Gasteiger partial charge in [0.15, 0.2) is 10.8 Å². The van der Waals surface area contributed by atoms with E-state index in [1.807, 2.05) is 0 Å². The molecule has 9 heteroatoms. The Morgan fingerprint density at radius 1 is 1.21 bits per heavy atom. The zero-order valence-electron chi connectivity index (χ0n) is 19.0. The Morgan fingerprint density at radius 2 is 1.97 bits per heavy atom. The maximum atomic E-state index is 15.1. The number of hydrogen-bond acceptors (Lipinski definition) is 3. The molecule has 1 saturated heterocycles. The highest BCUT2D eigenvalue weighted by molar-refractivity contribution is 7.81. The number of carbonyl (C=O) groups excluding carboxylic acids is 1. The van der Waals surface area contributed by atoms with Crippen molar-refractivity contribution in [2.24, 2.45) is 0 Å². The Balaban J connectivity index is 1.61. The molecule has 1 N–H and O–H groups in total. The Bertz CT molecular complexity index is 1310. The molecular formula is C25H23F2N5OS. The molecule has 1 fully saturated rings. The number of rotatable bonds is 6. The molecule has 0 atom stereocenters. The van der Waals surface area contributed by atoms with Crippen molar-refractivity contribution in [1.29, 1.82) is 0 Å². The monoisotopic (exact) mass is 479 g/mol. The molecular weight excluding hydrogens is 456 g/mol. The number of benzene rings is 2. The third kappa shape index (κ3) is 3.94. The average Bonchev–Trinajstić information content (AvgIpc) is 3.37. The van der Waals surface area contributed by atoms with Crippen LogP contribution in [0.15, 0.2) is 42.7 Å². The maximum Gasteiger partial charge on any atom is 0.259 e. The molecule has 3 aromatic rings. The molecule has 1 aromatic heterocycles. The standard InChI is InChI=1S/C25H23F2N5OS/c1-15-19(28-4)10-11-20(22(15)27)31-23(33)25(2,3)32(24(31)34)17-9-8-16(18(26)14-17)6-5-7-21-29-12-13-30-21/h8-14H,5-7H2,1-3H3,(H,29,30). The largest absolute Gasteiger partial charge is 0.349 e. The predicted molar refractivity (Wildman–Crippen MR) is 131 cm³/mol. The van der Waals surface area contributed by atoms with Crippen LogP contribution in [0.5, 0.6) is 0 Å². The molecule has 1 aliphatic heterocycles. The zero-order chi connectivity index (χ0) is 24.6. The lowest BCUT2D eigenvalue weighted by Gasteiger charge is -2.29. The van der Waals surface area contributed by atoms with E-state index >= 15 is 4.39 Å². The normalized spacial score (nSPS) is 15.2. The Morgan fingerprint density at radius 3 is 2.62 bits per heavy atom. The summed E-state index contributed by atoms with van der Waals surface area (Å²) in [6, 6.07) is 7.61. The smallest absolute Gasteiger partial charge is 0.259 e. The molecule has 34 heavy (non-hydrogen) atoms. The van der Waals surface area contributed by atoms with Gasteiger partial charge in [0, 0.05) is 24.5 Å². The van der Waals surface area contributed by atoms with E-state index in [9.17, 15) is 9.18 Å². The van der Waals surface area contributed by atoms with E-state index < -0.39 is 23.1 Å². The van der Waals surface area contributed by atoms with Crippen LogP contribution in [0.1, 0.15) is 37.2 Å². The minimum absolute atomic E-state index is 0.0227. The van der Waals surface area contributed by atoms with Crippen molar-refractivity contribution in [3.05, 3.63) is 82.7 Å². The number of aryl methyl sites for hydroxylation is 2. The minimum atomic E-state index is -1.16. The summed E-state index contributed by atoms with van der Waals surface area (Å²) in [6.07, 6.45) is 5.40. The molecule has 1 aliphatic rings. The topological polar surface area (TPSA) is 56.6 Å². The van der Waals surface area contributed by atoms with Crippen molar-refractivity contribution in [3.8, 4) is 0 Å². The van der Waals surface area contributed by atoms with Crippen LogP contribution in [0.4, 0.5) is 25.8 Å². The van der Waals surface area contributed by atoms with Gasteiger partial charge in [0.2, 0.25) is 0 Å². The van der Waals surface area contributed by atoms with E-state index in [1.54, 1.807) is 38.4 Å². The van der Waals surface area contributed by atoms with Gasteiger partial charge in [-0.15, -0.1) is 0 Å². The third-order valence-electron chi connectivity index (χ3n) is 6.08. The molecule has 0 radical (unpaired) electrons. The number of thiocarbonyl (C=S) groups is 1. The van der Waals surface area contributed by atoms with E-state index in [0.717, 1.165) is 17.1 Å². The van der Waals surface area contributed by atoms with Gasteiger partial charge < -0.3 is 9.88 Å². The third-order valence-corrected chi connectivity index (χ3v) is 6.44. The van der Waals surface area contributed by atoms with Crippen molar-refractivity contribution in [1.82, 2.24) is 9.97 Å². The number of H-pyrrole nitrogens is 1. The Labute approximate surface area is 202 Å². The fraction of sp³-hybridized carbons (Fsp3) is 0.280. The van der Waals surface area contributed by atoms with Crippen molar-refractivity contribution in [3.63, 3.8) is 0 Å². The second-order valence-corrected chi connectivity index (χ2v) is 9.00. The van der Waals surface area contributed by atoms with Crippen LogP contribution in [0, 0.1) is 25.1 Å². The molecule has 174 valence electrons. The molecule has 0 spiro atoms. The molecule has 0 unspecified atom stereocenters. The number of hydrogen-bond donors (Lipinski definition) is 1. The summed E-state index contributed by atoms with van der Waals surface area (Å²) in [5, 5.41) is 0.0498. The first kappa shape index (κ1) is 23.5. The fourth-order valence-electron chi connectivity index (χ4n) is 4.15. The first-order valence-electron chi connectivity index (χ1n) is 10.8. The highest BCUT2D eigenvalue weighted by Gasteiger charge is 2.51. The van der Waals surface area contributed by atoms with Gasteiger partial charge in [-0.05, 0) is 75.2 Å². The second-order valence-electron chi connectivity index (χ2n) is 8.64. The summed E-state index contributed by atoms with van der Waals surface area (Å²) in [6.45, 7) is 12.0. The van der Waals surface area contributed by atoms with Crippen molar-refractivity contribution in [2.45, 2.75) is 45.6 Å². The average molecular weight is 480 g/mol. The van der Waals surface area contributed by atoms with Crippen molar-refractivity contribution in [2.75, 3.05) is 9.80 Å². The minimum Gasteiger partial charge on any atom is -0.349 e. The lowest BCUT2D eigenvalue weighted by molar-refractivity contribution is -0.120. The predicted octanol–water partition coefficient (Wildman–Crippen LogP) is 5.64. The van der Waals surface area contributed by atoms with Crippen LogP contribution in [-0.4, -0.2) is 26.5 Å². The van der Waals surface area contributed by atoms with Crippen molar-refractivity contribution < 1.29 is 13.6 Å². The number of amides is 1. The van der Waals surface area contributed by atoms with Gasteiger partial charge in [-0.3, -0.25) is 9.69 Å². The van der Waals surface area contributed by atoms with Gasteiger partial charge in [-0.2, -0.15) is 0 Å². The first-order valence-corrected chi connectivity index (χ1v) is 11.2. The number of nitrogens with zero attached hydrogens (tertiary/aromatic N) is 4. The summed E-state index contributed by atoms with van der Waals surface area (Å²) in [7, 11) is 0. The van der Waals surface area contributed by atoms with Crippen molar-refractivity contribution >= 4 is 40.3 Å². The van der Waals surface area contributed by atoms with E-state index in [2.05, 4.69) is 14.8 Å². The van der Waals surface area contributed by atoms with Gasteiger partial charge >= 0.3 is 0 Å². The lowest BCUT2D eigenvalue weighted by Crippen LogP contribution is -2.44. The highest BCUT2D eigenvalue weighted by atomic mass is 32.1. The summed E-state index contributed by atoms with van der Waals surface area (Å²) in [5.41, 5.74) is 0.0867. The van der Waals surface area contributed by atoms with E-state index in [0.29, 0.717) is 24.1 Å². The first-order chi connectivity index (χ1) is 16.2. The number of aromatic amines is 1. The Kier molecular flexibility index (Phi) is 6.19. The maximum absolute atomic E-state index is 15.1. The molecule has 4 rings (SSSR count). The number of halogens is 2. The zero-order valence-corrected chi connectivity index (χ0v) is 19.8. The summed E-state index contributed by atoms with van der Waals surface area (Å²) in [4.78, 5) is 26.5. The van der Waals surface area contributed by atoms with Gasteiger partial charge in [0.25, 0.3) is 5.91 Å². The van der Waals surface area contributed by atoms with Crippen LogP contribution in [0.25, 0.3) is 4.85 Å². The molecule has 6 nitrogen and oxygen atoms in total. The molecule has 0 saturated carbocycles. The molecule has 0 bridgehead atoms. The molecule has 0 aliphatic carbocycles. The van der Waals surface area contributed by atoms with Gasteiger partial charge in [0.05, 0.1) is 12.3 Å². The van der Waals surface area contributed by atoms with E-state index in [1.165, 1.54) is 30.0 Å². The van der Waals surface area contributed by atoms with E-state index in [4.69, 9.17) is 18.8 Å². The molecule has 1 amide bonds. The van der Waals surface area contributed by atoms with Crippen LogP contribution in [-0.2, 0) is 17.6 Å². The number of nitrogens with one attached hydrogen (secondary N) is 1. The second kappa shape index (κ2) is 8.95. The number of carbonyl (C=O) groups is 1. The van der Waals surface area contributed by atoms with Gasteiger partial charge in [-0.25, -0.2) is 18.6 Å². The lowest BCUT2D eigenvalue weighted by atomic mass is 10.0. The number of anilines is 2. The van der Waals surface area contributed by atoms with Crippen LogP contribution in [0.3, 0.4) is 0 Å². The van der Waals surface area contributed by atoms with Gasteiger partial charge in [-0.1, -0.05) is 12.1 Å². The summed E-state index contributed by atoms with van der Waals surface area (Å²) < 4.78 is 30.1. The molecule has 2 heterocycles. The fourth-order valence-corrected chi connectivity index (χ4v) is 4.67. The van der Waals surface area contributed by atoms with Crippen LogP contribution >= 0.6 is 12.2 Å². The number of imidazole rings is 1. The summed E-state index contributed by atoms with van der Waals surface area (Å²) in [5.74, 6) is -0.661. The SMILES string of the molecule is [C-]#[N+]c1ccc(N2C(=O)C(C)(C)N(c3ccc(CCCc4ncc[nH]4)c(F)c3)C2=S)c(F)c1C. The quantitative estimate of drug-likeness (QED) is 0.367. The highest BCUT2D eigenvalue weighted by Crippen LogP contribution is 2.39. The summed E-state index contributed by atoms with van der Waals surface area (Å²) >= 11 is 5.58. The number of aromatic nitrogens is 2. The van der Waals surface area contributed by atoms with E-state index in [-0.39, 0.29) is 22.1 Å². The van der Waals surface area contributed by atoms with Crippen LogP contribution < -0.4 is 9.80 Å². The Hall–Kier alpha value is -3.64.